The molecule has 0 radical (unpaired) electrons. The summed E-state index contributed by atoms with van der Waals surface area (Å²) in [5.41, 5.74) is 1.32. The number of nitrogens with one attached hydrogen (secondary N) is 2. The summed E-state index contributed by atoms with van der Waals surface area (Å²) in [4.78, 5) is 11.7. The van der Waals surface area contributed by atoms with Crippen LogP contribution in [0.5, 0.6) is 0 Å². The Morgan fingerprint density at radius 3 is 2.76 bits per heavy atom. The van der Waals surface area contributed by atoms with Gasteiger partial charge >= 0.3 is 0 Å². The highest BCUT2D eigenvalue weighted by Gasteiger charge is 2.23. The molecule has 2 N–H and O–H groups in total. The zero-order valence-corrected chi connectivity index (χ0v) is 11.8. The monoisotopic (exact) mass is 348 g/mol. The van der Waals surface area contributed by atoms with Gasteiger partial charge in [0.15, 0.2) is 0 Å². The van der Waals surface area contributed by atoms with Crippen LogP contribution in [-0.4, -0.2) is 11.9 Å². The number of hydrogen-bond donors (Lipinski definition) is 2. The fourth-order valence-corrected chi connectivity index (χ4v) is 2.29. The predicted molar refractivity (Wildman–Crippen MR) is 74.6 cm³/mol. The van der Waals surface area contributed by atoms with Crippen molar-refractivity contribution >= 4 is 39.9 Å². The average Bonchev–Trinajstić information content (AvgIpc) is 2.38. The summed E-state index contributed by atoms with van der Waals surface area (Å²) >= 11 is 1.91. The van der Waals surface area contributed by atoms with E-state index in [0.717, 1.165) is 0 Å². The highest BCUT2D eigenvalue weighted by atomic mass is 127. The van der Waals surface area contributed by atoms with E-state index in [2.05, 4.69) is 10.6 Å². The number of carbonyl (C=O) groups is 1. The molecule has 1 aromatic carbocycles. The maximum Gasteiger partial charge on any atom is 0.226 e. The number of carbonyl (C=O) groups excluding carboxylic acids is 1. The predicted octanol–water partition coefficient (Wildman–Crippen LogP) is 3.21. The first-order chi connectivity index (χ1) is 7.97. The maximum atomic E-state index is 13.5. The zero-order valence-electron chi connectivity index (χ0n) is 9.68. The van der Waals surface area contributed by atoms with E-state index >= 15 is 0 Å². The van der Waals surface area contributed by atoms with Gasteiger partial charge in [0.2, 0.25) is 5.91 Å². The van der Waals surface area contributed by atoms with Crippen LogP contribution in [0.15, 0.2) is 12.1 Å². The molecule has 0 saturated heterocycles. The second-order valence-electron chi connectivity index (χ2n) is 4.56. The summed E-state index contributed by atoms with van der Waals surface area (Å²) in [7, 11) is 0. The van der Waals surface area contributed by atoms with Gasteiger partial charge in [-0.1, -0.05) is 13.8 Å². The molecule has 1 aliphatic heterocycles. The molecular formula is C12H14FIN2O. The third kappa shape index (κ3) is 2.70. The van der Waals surface area contributed by atoms with E-state index in [4.69, 9.17) is 0 Å². The standard InChI is InChI=1S/C12H14FIN2O/c1-6(2)9-5-12(17)16-11-4-8(14)7(13)3-10(11)15-9/h3-4,6,9,15H,5H2,1-2H3,(H,16,17). The number of amides is 1. The molecule has 1 amide bonds. The third-order valence-electron chi connectivity index (χ3n) is 2.89. The largest absolute Gasteiger partial charge is 0.380 e. The summed E-state index contributed by atoms with van der Waals surface area (Å²) in [6.07, 6.45) is 0.407. The summed E-state index contributed by atoms with van der Waals surface area (Å²) in [6, 6.07) is 3.13. The van der Waals surface area contributed by atoms with Crippen LogP contribution in [0.25, 0.3) is 0 Å². The van der Waals surface area contributed by atoms with Crippen LogP contribution in [0.4, 0.5) is 15.8 Å². The Balaban J connectivity index is 2.41. The first-order valence-electron chi connectivity index (χ1n) is 5.53. The summed E-state index contributed by atoms with van der Waals surface area (Å²) < 4.78 is 14.0. The summed E-state index contributed by atoms with van der Waals surface area (Å²) in [5.74, 6) is 0.0157. The van der Waals surface area contributed by atoms with Crippen molar-refractivity contribution in [1.29, 1.82) is 0 Å². The first-order valence-corrected chi connectivity index (χ1v) is 6.60. The summed E-state index contributed by atoms with van der Waals surface area (Å²) in [6.45, 7) is 4.08. The Kier molecular flexibility index (Phi) is 3.56. The van der Waals surface area contributed by atoms with Crippen LogP contribution in [0.3, 0.4) is 0 Å². The van der Waals surface area contributed by atoms with Crippen molar-refractivity contribution in [2.75, 3.05) is 10.6 Å². The van der Waals surface area contributed by atoms with Crippen molar-refractivity contribution in [3.63, 3.8) is 0 Å². The molecule has 92 valence electrons. The van der Waals surface area contributed by atoms with Gasteiger partial charge in [-0.3, -0.25) is 4.79 Å². The Morgan fingerprint density at radius 1 is 1.41 bits per heavy atom. The minimum Gasteiger partial charge on any atom is -0.380 e. The Morgan fingerprint density at radius 2 is 2.12 bits per heavy atom. The molecule has 0 aromatic heterocycles. The number of halogens is 2. The highest BCUT2D eigenvalue weighted by molar-refractivity contribution is 14.1. The van der Waals surface area contributed by atoms with Crippen molar-refractivity contribution in [3.05, 3.63) is 21.5 Å². The van der Waals surface area contributed by atoms with Gasteiger partial charge in [-0.05, 0) is 34.6 Å². The van der Waals surface area contributed by atoms with E-state index in [1.54, 1.807) is 6.07 Å². The Bertz CT molecular complexity index is 462. The molecule has 1 heterocycles. The molecule has 0 fully saturated rings. The normalized spacial score (nSPS) is 19.4. The van der Waals surface area contributed by atoms with Crippen LogP contribution >= 0.6 is 22.6 Å². The quantitative estimate of drug-likeness (QED) is 0.766. The molecule has 1 unspecified atom stereocenters. The van der Waals surface area contributed by atoms with E-state index in [-0.39, 0.29) is 17.8 Å². The van der Waals surface area contributed by atoms with Gasteiger partial charge in [-0.2, -0.15) is 0 Å². The van der Waals surface area contributed by atoms with Crippen LogP contribution in [0.2, 0.25) is 0 Å². The number of fused-ring (bicyclic) bond motifs is 1. The average molecular weight is 348 g/mol. The Labute approximate surface area is 113 Å². The molecule has 1 aliphatic rings. The van der Waals surface area contributed by atoms with Gasteiger partial charge in [0, 0.05) is 18.5 Å². The Hall–Kier alpha value is -0.850. The van der Waals surface area contributed by atoms with Gasteiger partial charge < -0.3 is 10.6 Å². The van der Waals surface area contributed by atoms with E-state index < -0.39 is 0 Å². The highest BCUT2D eigenvalue weighted by Crippen LogP contribution is 2.31. The van der Waals surface area contributed by atoms with Crippen LogP contribution < -0.4 is 10.6 Å². The van der Waals surface area contributed by atoms with E-state index in [9.17, 15) is 9.18 Å². The number of hydrogen-bond acceptors (Lipinski definition) is 2. The summed E-state index contributed by atoms with van der Waals surface area (Å²) in [5, 5.41) is 6.03. The van der Waals surface area contributed by atoms with E-state index in [1.165, 1.54) is 6.07 Å². The van der Waals surface area contributed by atoms with Crippen molar-refractivity contribution in [1.82, 2.24) is 0 Å². The lowest BCUT2D eigenvalue weighted by Crippen LogP contribution is -2.27. The lowest BCUT2D eigenvalue weighted by Gasteiger charge is -2.20. The minimum absolute atomic E-state index is 0.0302. The lowest BCUT2D eigenvalue weighted by molar-refractivity contribution is -0.116. The molecular weight excluding hydrogens is 334 g/mol. The fourth-order valence-electron chi connectivity index (χ4n) is 1.82. The molecule has 0 bridgehead atoms. The molecule has 1 aromatic rings. The minimum atomic E-state index is -0.268. The molecule has 2 rings (SSSR count). The molecule has 0 spiro atoms. The number of benzene rings is 1. The van der Waals surface area contributed by atoms with Gasteiger partial charge in [0.1, 0.15) is 5.82 Å². The lowest BCUT2D eigenvalue weighted by atomic mass is 10.0. The zero-order chi connectivity index (χ0) is 12.6. The molecule has 0 saturated carbocycles. The third-order valence-corrected chi connectivity index (χ3v) is 3.71. The molecule has 1 atom stereocenters. The van der Waals surface area contributed by atoms with E-state index in [1.807, 2.05) is 36.4 Å². The van der Waals surface area contributed by atoms with Gasteiger partial charge in [0.05, 0.1) is 14.9 Å². The topological polar surface area (TPSA) is 41.1 Å². The second kappa shape index (κ2) is 4.80. The SMILES string of the molecule is CC(C)C1CC(=O)Nc2cc(I)c(F)cc2N1. The van der Waals surface area contributed by atoms with Gasteiger partial charge in [-0.25, -0.2) is 4.39 Å². The van der Waals surface area contributed by atoms with Crippen LogP contribution in [0, 0.1) is 15.3 Å². The van der Waals surface area contributed by atoms with E-state index in [0.29, 0.717) is 27.3 Å². The van der Waals surface area contributed by atoms with Crippen molar-refractivity contribution in [2.24, 2.45) is 5.92 Å². The molecule has 3 nitrogen and oxygen atoms in total. The van der Waals surface area contributed by atoms with Gasteiger partial charge in [0.25, 0.3) is 0 Å². The van der Waals surface area contributed by atoms with Gasteiger partial charge in [-0.15, -0.1) is 0 Å². The first kappa shape index (κ1) is 12.6. The van der Waals surface area contributed by atoms with Crippen molar-refractivity contribution < 1.29 is 9.18 Å². The molecule has 5 heteroatoms. The van der Waals surface area contributed by atoms with Crippen LogP contribution in [-0.2, 0) is 4.79 Å². The van der Waals surface area contributed by atoms with Crippen LogP contribution in [0.1, 0.15) is 20.3 Å². The fraction of sp³-hybridized carbons (Fsp3) is 0.417. The second-order valence-corrected chi connectivity index (χ2v) is 5.72. The maximum absolute atomic E-state index is 13.5. The smallest absolute Gasteiger partial charge is 0.226 e. The van der Waals surface area contributed by atoms with Crippen molar-refractivity contribution in [3.8, 4) is 0 Å². The molecule has 17 heavy (non-hydrogen) atoms. The van der Waals surface area contributed by atoms with Crippen molar-refractivity contribution in [2.45, 2.75) is 26.3 Å². The number of anilines is 2. The molecule has 0 aliphatic carbocycles. The number of rotatable bonds is 1.